The number of carboxylic acid groups (broad SMARTS) is 1. The van der Waals surface area contributed by atoms with Crippen molar-refractivity contribution in [2.45, 2.75) is 13.5 Å². The third-order valence-corrected chi connectivity index (χ3v) is 3.43. The molecule has 0 fully saturated rings. The summed E-state index contributed by atoms with van der Waals surface area (Å²) in [6.07, 6.45) is 0. The molecular formula is C16H15BrO4. The van der Waals surface area contributed by atoms with Gasteiger partial charge in [0.2, 0.25) is 0 Å². The molecule has 0 bridgehead atoms. The second-order valence-electron chi connectivity index (χ2n) is 4.56. The van der Waals surface area contributed by atoms with Crippen molar-refractivity contribution in [3.8, 4) is 11.5 Å². The van der Waals surface area contributed by atoms with Gasteiger partial charge in [-0.2, -0.15) is 0 Å². The van der Waals surface area contributed by atoms with Gasteiger partial charge in [-0.25, -0.2) is 4.79 Å². The maximum absolute atomic E-state index is 11.3. The molecule has 0 aliphatic carbocycles. The van der Waals surface area contributed by atoms with Gasteiger partial charge in [0.05, 0.1) is 7.11 Å². The highest BCUT2D eigenvalue weighted by atomic mass is 79.9. The molecular weight excluding hydrogens is 336 g/mol. The molecule has 0 spiro atoms. The first-order valence-electron chi connectivity index (χ1n) is 6.30. The lowest BCUT2D eigenvalue weighted by molar-refractivity contribution is 0.0690. The average Bonchev–Trinajstić information content (AvgIpc) is 2.46. The monoisotopic (exact) mass is 350 g/mol. The van der Waals surface area contributed by atoms with Crippen molar-refractivity contribution in [1.82, 2.24) is 0 Å². The van der Waals surface area contributed by atoms with Crippen molar-refractivity contribution in [1.29, 1.82) is 0 Å². The third-order valence-electron chi connectivity index (χ3n) is 2.97. The van der Waals surface area contributed by atoms with E-state index in [1.165, 1.54) is 13.2 Å². The Morgan fingerprint density at radius 2 is 1.90 bits per heavy atom. The summed E-state index contributed by atoms with van der Waals surface area (Å²) < 4.78 is 11.5. The van der Waals surface area contributed by atoms with Crippen LogP contribution >= 0.6 is 15.9 Å². The molecule has 0 heterocycles. The average molecular weight is 351 g/mol. The molecule has 0 atom stereocenters. The molecule has 0 unspecified atom stereocenters. The summed E-state index contributed by atoms with van der Waals surface area (Å²) >= 11 is 3.26. The molecule has 0 saturated carbocycles. The van der Waals surface area contributed by atoms with Crippen LogP contribution in [0, 0.1) is 6.92 Å². The highest BCUT2D eigenvalue weighted by Gasteiger charge is 2.18. The number of aryl methyl sites for hydroxylation is 1. The van der Waals surface area contributed by atoms with Gasteiger partial charge in [0.15, 0.2) is 11.5 Å². The number of hydrogen-bond donors (Lipinski definition) is 1. The van der Waals surface area contributed by atoms with E-state index < -0.39 is 5.97 Å². The standard InChI is InChI=1S/C16H15BrO4/c1-10-3-5-11(6-4-10)9-21-15-13(16(18)19)7-12(17)8-14(15)20-2/h3-8H,9H2,1-2H3,(H,18,19). The second kappa shape index (κ2) is 6.63. The molecule has 2 aromatic carbocycles. The fourth-order valence-corrected chi connectivity index (χ4v) is 2.30. The summed E-state index contributed by atoms with van der Waals surface area (Å²) in [4.78, 5) is 11.3. The third kappa shape index (κ3) is 3.76. The second-order valence-corrected chi connectivity index (χ2v) is 5.48. The van der Waals surface area contributed by atoms with Gasteiger partial charge in [-0.1, -0.05) is 45.8 Å². The van der Waals surface area contributed by atoms with Crippen molar-refractivity contribution in [2.24, 2.45) is 0 Å². The highest BCUT2D eigenvalue weighted by Crippen LogP contribution is 2.35. The lowest BCUT2D eigenvalue weighted by atomic mass is 10.1. The predicted octanol–water partition coefficient (Wildman–Crippen LogP) is 4.04. The molecule has 4 nitrogen and oxygen atoms in total. The van der Waals surface area contributed by atoms with Gasteiger partial charge in [0, 0.05) is 4.47 Å². The van der Waals surface area contributed by atoms with E-state index in [4.69, 9.17) is 9.47 Å². The number of hydrogen-bond acceptors (Lipinski definition) is 3. The van der Waals surface area contributed by atoms with Crippen LogP contribution in [0.15, 0.2) is 40.9 Å². The molecule has 21 heavy (non-hydrogen) atoms. The molecule has 2 aromatic rings. The summed E-state index contributed by atoms with van der Waals surface area (Å²) in [5.41, 5.74) is 2.18. The summed E-state index contributed by atoms with van der Waals surface area (Å²) in [7, 11) is 1.48. The smallest absolute Gasteiger partial charge is 0.339 e. The Kier molecular flexibility index (Phi) is 4.85. The Hall–Kier alpha value is -2.01. The van der Waals surface area contributed by atoms with Gasteiger partial charge < -0.3 is 14.6 Å². The summed E-state index contributed by atoms with van der Waals surface area (Å²) in [5, 5.41) is 9.29. The van der Waals surface area contributed by atoms with Crippen LogP contribution in [0.1, 0.15) is 21.5 Å². The Labute approximate surface area is 131 Å². The van der Waals surface area contributed by atoms with Crippen molar-refractivity contribution < 1.29 is 19.4 Å². The molecule has 1 N–H and O–H groups in total. The lowest BCUT2D eigenvalue weighted by Crippen LogP contribution is -2.05. The van der Waals surface area contributed by atoms with Crippen LogP contribution in [0.3, 0.4) is 0 Å². The lowest BCUT2D eigenvalue weighted by Gasteiger charge is -2.14. The molecule has 0 amide bonds. The van der Waals surface area contributed by atoms with Crippen molar-refractivity contribution >= 4 is 21.9 Å². The largest absolute Gasteiger partial charge is 0.493 e. The van der Waals surface area contributed by atoms with Gasteiger partial charge in [-0.3, -0.25) is 0 Å². The quantitative estimate of drug-likeness (QED) is 0.883. The fourth-order valence-electron chi connectivity index (χ4n) is 1.87. The van der Waals surface area contributed by atoms with E-state index in [1.54, 1.807) is 6.07 Å². The molecule has 110 valence electrons. The summed E-state index contributed by atoms with van der Waals surface area (Å²) in [5.74, 6) is -0.448. The minimum absolute atomic E-state index is 0.0633. The van der Waals surface area contributed by atoms with E-state index in [9.17, 15) is 9.90 Å². The van der Waals surface area contributed by atoms with Crippen LogP contribution in [0.25, 0.3) is 0 Å². The van der Waals surface area contributed by atoms with Crippen molar-refractivity contribution in [3.05, 3.63) is 57.6 Å². The number of ether oxygens (including phenoxy) is 2. The predicted molar refractivity (Wildman–Crippen MR) is 83.2 cm³/mol. The Morgan fingerprint density at radius 3 is 2.48 bits per heavy atom. The molecule has 0 aliphatic heterocycles. The number of carboxylic acids is 1. The van der Waals surface area contributed by atoms with Crippen LogP contribution in [0.5, 0.6) is 11.5 Å². The molecule has 0 saturated heterocycles. The van der Waals surface area contributed by atoms with Crippen LogP contribution in [-0.2, 0) is 6.61 Å². The van der Waals surface area contributed by atoms with Gasteiger partial charge in [-0.05, 0) is 24.6 Å². The number of halogens is 1. The van der Waals surface area contributed by atoms with Crippen molar-refractivity contribution in [3.63, 3.8) is 0 Å². The molecule has 0 radical (unpaired) electrons. The molecule has 2 rings (SSSR count). The highest BCUT2D eigenvalue weighted by molar-refractivity contribution is 9.10. The van der Waals surface area contributed by atoms with Crippen LogP contribution in [0.2, 0.25) is 0 Å². The summed E-state index contributed by atoms with van der Waals surface area (Å²) in [6.45, 7) is 2.28. The van der Waals surface area contributed by atoms with E-state index in [-0.39, 0.29) is 17.9 Å². The first-order chi connectivity index (χ1) is 10.0. The maximum atomic E-state index is 11.3. The van der Waals surface area contributed by atoms with E-state index in [0.29, 0.717) is 10.2 Å². The minimum Gasteiger partial charge on any atom is -0.493 e. The number of aromatic carboxylic acids is 1. The Morgan fingerprint density at radius 1 is 1.24 bits per heavy atom. The minimum atomic E-state index is -1.06. The number of carbonyl (C=O) groups is 1. The first-order valence-corrected chi connectivity index (χ1v) is 7.09. The number of benzene rings is 2. The van der Waals surface area contributed by atoms with E-state index in [0.717, 1.165) is 11.1 Å². The fraction of sp³-hybridized carbons (Fsp3) is 0.188. The Balaban J connectivity index is 2.29. The van der Waals surface area contributed by atoms with E-state index >= 15 is 0 Å². The van der Waals surface area contributed by atoms with Gasteiger partial charge in [-0.15, -0.1) is 0 Å². The van der Waals surface area contributed by atoms with Crippen molar-refractivity contribution in [2.75, 3.05) is 7.11 Å². The zero-order chi connectivity index (χ0) is 15.4. The molecule has 0 aliphatic rings. The van der Waals surface area contributed by atoms with Crippen LogP contribution in [0.4, 0.5) is 0 Å². The SMILES string of the molecule is COc1cc(Br)cc(C(=O)O)c1OCc1ccc(C)cc1. The Bertz CT molecular complexity index is 650. The first kappa shape index (κ1) is 15.4. The summed E-state index contributed by atoms with van der Waals surface area (Å²) in [6, 6.07) is 11.0. The zero-order valence-electron chi connectivity index (χ0n) is 11.7. The number of rotatable bonds is 5. The van der Waals surface area contributed by atoms with Gasteiger partial charge in [0.25, 0.3) is 0 Å². The molecule has 5 heteroatoms. The van der Waals surface area contributed by atoms with E-state index in [2.05, 4.69) is 15.9 Å². The normalized spacial score (nSPS) is 10.2. The van der Waals surface area contributed by atoms with Gasteiger partial charge >= 0.3 is 5.97 Å². The topological polar surface area (TPSA) is 55.8 Å². The van der Waals surface area contributed by atoms with Gasteiger partial charge in [0.1, 0.15) is 12.2 Å². The molecule has 0 aromatic heterocycles. The van der Waals surface area contributed by atoms with Crippen LogP contribution in [-0.4, -0.2) is 18.2 Å². The van der Waals surface area contributed by atoms with Crippen LogP contribution < -0.4 is 9.47 Å². The maximum Gasteiger partial charge on any atom is 0.339 e. The van der Waals surface area contributed by atoms with E-state index in [1.807, 2.05) is 31.2 Å². The zero-order valence-corrected chi connectivity index (χ0v) is 13.3. The number of methoxy groups -OCH3 is 1.